The summed E-state index contributed by atoms with van der Waals surface area (Å²) in [5.74, 6) is -1.81. The first-order chi connectivity index (χ1) is 9.49. The van der Waals surface area contributed by atoms with Crippen molar-refractivity contribution in [3.05, 3.63) is 47.8 Å². The van der Waals surface area contributed by atoms with Crippen LogP contribution in [0.3, 0.4) is 0 Å². The van der Waals surface area contributed by atoms with Gasteiger partial charge in [0.1, 0.15) is 5.82 Å². The summed E-state index contributed by atoms with van der Waals surface area (Å²) in [4.78, 5) is 0. The highest BCUT2D eigenvalue weighted by Crippen LogP contribution is 2.37. The lowest BCUT2D eigenvalue weighted by Gasteiger charge is -2.08. The molecular formula is C14H13FN2O3. The van der Waals surface area contributed by atoms with Gasteiger partial charge in [0.2, 0.25) is 5.75 Å². The Bertz CT molecular complexity index is 654. The van der Waals surface area contributed by atoms with Crippen molar-refractivity contribution in [1.29, 1.82) is 0 Å². The number of anilines is 1. The van der Waals surface area contributed by atoms with E-state index >= 15 is 0 Å². The Kier molecular flexibility index (Phi) is 3.74. The van der Waals surface area contributed by atoms with Gasteiger partial charge in [0.05, 0.1) is 11.4 Å². The Morgan fingerprint density at radius 1 is 1.00 bits per heavy atom. The highest BCUT2D eigenvalue weighted by Gasteiger charge is 2.12. The largest absolute Gasteiger partial charge is 0.504 e. The molecule has 0 spiro atoms. The number of hydrogen-bond donors (Lipinski definition) is 4. The number of rotatable bonds is 3. The van der Waals surface area contributed by atoms with Crippen LogP contribution in [0.5, 0.6) is 17.2 Å². The quantitative estimate of drug-likeness (QED) is 0.394. The van der Waals surface area contributed by atoms with E-state index in [9.17, 15) is 19.7 Å². The van der Waals surface area contributed by atoms with Gasteiger partial charge in [-0.05, 0) is 43.3 Å². The lowest BCUT2D eigenvalue weighted by Crippen LogP contribution is -2.00. The smallest absolute Gasteiger partial charge is 0.200 e. The molecule has 2 aromatic rings. The van der Waals surface area contributed by atoms with Gasteiger partial charge in [-0.1, -0.05) is 0 Å². The average Bonchev–Trinajstić information content (AvgIpc) is 2.44. The second-order valence-electron chi connectivity index (χ2n) is 4.15. The van der Waals surface area contributed by atoms with Crippen molar-refractivity contribution in [2.24, 2.45) is 5.10 Å². The number of halogens is 1. The molecule has 0 unspecified atom stereocenters. The molecule has 2 aromatic carbocycles. The molecule has 0 saturated carbocycles. The third-order valence-corrected chi connectivity index (χ3v) is 2.72. The van der Waals surface area contributed by atoms with Crippen molar-refractivity contribution in [3.63, 3.8) is 0 Å². The normalized spacial score (nSPS) is 11.4. The zero-order chi connectivity index (χ0) is 14.7. The number of phenols is 3. The topological polar surface area (TPSA) is 85.1 Å². The molecule has 0 heterocycles. The SMILES string of the molecule is C/C(=N\Nc1ccc(F)cc1)c1ccc(O)c(O)c1O. The molecule has 4 N–H and O–H groups in total. The van der Waals surface area contributed by atoms with Crippen LogP contribution in [0.15, 0.2) is 41.5 Å². The van der Waals surface area contributed by atoms with Crippen LogP contribution >= 0.6 is 0 Å². The molecule has 0 saturated heterocycles. The van der Waals surface area contributed by atoms with Gasteiger partial charge in [-0.2, -0.15) is 5.10 Å². The highest BCUT2D eigenvalue weighted by atomic mass is 19.1. The van der Waals surface area contributed by atoms with E-state index in [1.54, 1.807) is 6.92 Å². The minimum atomic E-state index is -0.598. The van der Waals surface area contributed by atoms with E-state index < -0.39 is 17.2 Å². The predicted molar refractivity (Wildman–Crippen MR) is 73.7 cm³/mol. The van der Waals surface area contributed by atoms with Gasteiger partial charge in [-0.25, -0.2) is 4.39 Å². The zero-order valence-electron chi connectivity index (χ0n) is 10.6. The number of nitrogens with one attached hydrogen (secondary N) is 1. The molecule has 0 aromatic heterocycles. The van der Waals surface area contributed by atoms with Crippen LogP contribution in [0.4, 0.5) is 10.1 Å². The number of benzene rings is 2. The molecule has 0 bridgehead atoms. The monoisotopic (exact) mass is 276 g/mol. The molecule has 20 heavy (non-hydrogen) atoms. The van der Waals surface area contributed by atoms with Crippen molar-refractivity contribution in [2.45, 2.75) is 6.92 Å². The lowest BCUT2D eigenvalue weighted by atomic mass is 10.1. The molecule has 104 valence electrons. The third kappa shape index (κ3) is 2.80. The molecule has 0 amide bonds. The maximum Gasteiger partial charge on any atom is 0.200 e. The first kappa shape index (κ1) is 13.7. The standard InChI is InChI=1S/C14H13FN2O3/c1-8(11-6-7-12(18)14(20)13(11)19)16-17-10-4-2-9(15)3-5-10/h2-7,17-20H,1H3/b16-8+. The average molecular weight is 276 g/mol. The van der Waals surface area contributed by atoms with Crippen LogP contribution in [0, 0.1) is 5.82 Å². The van der Waals surface area contributed by atoms with Gasteiger partial charge in [0, 0.05) is 5.56 Å². The van der Waals surface area contributed by atoms with Crippen molar-refractivity contribution < 1.29 is 19.7 Å². The second-order valence-corrected chi connectivity index (χ2v) is 4.15. The van der Waals surface area contributed by atoms with Crippen LogP contribution in [0.2, 0.25) is 0 Å². The van der Waals surface area contributed by atoms with E-state index in [-0.39, 0.29) is 11.4 Å². The van der Waals surface area contributed by atoms with Gasteiger partial charge < -0.3 is 15.3 Å². The third-order valence-electron chi connectivity index (χ3n) is 2.72. The lowest BCUT2D eigenvalue weighted by molar-refractivity contribution is 0.367. The number of hydrazone groups is 1. The number of hydrogen-bond acceptors (Lipinski definition) is 5. The second kappa shape index (κ2) is 5.48. The minimum absolute atomic E-state index is 0.273. The van der Waals surface area contributed by atoms with Crippen LogP contribution < -0.4 is 5.43 Å². The fourth-order valence-corrected chi connectivity index (χ4v) is 1.59. The van der Waals surface area contributed by atoms with Gasteiger partial charge in [-0.15, -0.1) is 0 Å². The summed E-state index contributed by atoms with van der Waals surface area (Å²) in [6.07, 6.45) is 0. The fraction of sp³-hybridized carbons (Fsp3) is 0.0714. The first-order valence-electron chi connectivity index (χ1n) is 5.79. The van der Waals surface area contributed by atoms with Crippen molar-refractivity contribution >= 4 is 11.4 Å². The highest BCUT2D eigenvalue weighted by molar-refractivity contribution is 6.02. The summed E-state index contributed by atoms with van der Waals surface area (Å²) < 4.78 is 12.7. The van der Waals surface area contributed by atoms with Gasteiger partial charge >= 0.3 is 0 Å². The maximum absolute atomic E-state index is 12.7. The number of nitrogens with zero attached hydrogens (tertiary/aromatic N) is 1. The van der Waals surface area contributed by atoms with Gasteiger partial charge in [0.25, 0.3) is 0 Å². The van der Waals surface area contributed by atoms with Crippen LogP contribution in [-0.2, 0) is 0 Å². The van der Waals surface area contributed by atoms with E-state index in [2.05, 4.69) is 10.5 Å². The molecule has 0 aliphatic rings. The van der Waals surface area contributed by atoms with Crippen LogP contribution in [-0.4, -0.2) is 21.0 Å². The molecule has 0 atom stereocenters. The summed E-state index contributed by atoms with van der Waals surface area (Å²) in [5.41, 5.74) is 3.94. The molecule has 6 heteroatoms. The predicted octanol–water partition coefficient (Wildman–Crippen LogP) is 2.78. The van der Waals surface area contributed by atoms with Crippen LogP contribution in [0.1, 0.15) is 12.5 Å². The minimum Gasteiger partial charge on any atom is -0.504 e. The molecule has 0 fully saturated rings. The Balaban J connectivity index is 2.23. The molecule has 2 rings (SSSR count). The number of phenolic OH excluding ortho intramolecular Hbond substituents is 3. The van der Waals surface area contributed by atoms with Crippen LogP contribution in [0.25, 0.3) is 0 Å². The molecule has 0 radical (unpaired) electrons. The molecular weight excluding hydrogens is 263 g/mol. The van der Waals surface area contributed by atoms with E-state index in [4.69, 9.17) is 0 Å². The summed E-state index contributed by atoms with van der Waals surface area (Å²) in [6, 6.07) is 8.28. The molecule has 0 aliphatic heterocycles. The van der Waals surface area contributed by atoms with E-state index in [0.29, 0.717) is 11.4 Å². The summed E-state index contributed by atoms with van der Waals surface area (Å²) in [7, 11) is 0. The Morgan fingerprint density at radius 3 is 2.30 bits per heavy atom. The van der Waals surface area contributed by atoms with Crippen molar-refractivity contribution in [2.75, 3.05) is 5.43 Å². The van der Waals surface area contributed by atoms with Gasteiger partial charge in [-0.3, -0.25) is 5.43 Å². The molecule has 0 aliphatic carbocycles. The molecule has 5 nitrogen and oxygen atoms in total. The zero-order valence-corrected chi connectivity index (χ0v) is 10.6. The maximum atomic E-state index is 12.7. The van der Waals surface area contributed by atoms with Crippen molar-refractivity contribution in [3.8, 4) is 17.2 Å². The Morgan fingerprint density at radius 2 is 1.65 bits per heavy atom. The van der Waals surface area contributed by atoms with E-state index in [1.165, 1.54) is 36.4 Å². The Hall–Kier alpha value is -2.76. The van der Waals surface area contributed by atoms with E-state index in [1.807, 2.05) is 0 Å². The number of aromatic hydroxyl groups is 3. The van der Waals surface area contributed by atoms with E-state index in [0.717, 1.165) is 0 Å². The summed E-state index contributed by atoms with van der Waals surface area (Å²) >= 11 is 0. The fourth-order valence-electron chi connectivity index (χ4n) is 1.59. The summed E-state index contributed by atoms with van der Waals surface area (Å²) in [5, 5.41) is 32.4. The Labute approximate surface area is 114 Å². The van der Waals surface area contributed by atoms with Crippen molar-refractivity contribution in [1.82, 2.24) is 0 Å². The first-order valence-corrected chi connectivity index (χ1v) is 5.79. The summed E-state index contributed by atoms with van der Waals surface area (Å²) in [6.45, 7) is 1.61. The van der Waals surface area contributed by atoms with Gasteiger partial charge in [0.15, 0.2) is 11.5 Å².